The third kappa shape index (κ3) is 4.72. The first-order valence-corrected chi connectivity index (χ1v) is 8.82. The SMILES string of the molecule is Cc1ccc(CNC(=O)[C@@H]2C[C@@H](O)CN2C(=O)Cc2cc(CO)no2)cc1. The zero-order valence-electron chi connectivity index (χ0n) is 15.1. The molecule has 8 nitrogen and oxygen atoms in total. The van der Waals surface area contributed by atoms with E-state index < -0.39 is 12.1 Å². The first-order chi connectivity index (χ1) is 13.0. The predicted octanol–water partition coefficient (Wildman–Crippen LogP) is 0.296. The fourth-order valence-electron chi connectivity index (χ4n) is 3.12. The number of carbonyl (C=O) groups excluding carboxylic acids is 2. The highest BCUT2D eigenvalue weighted by molar-refractivity contribution is 5.89. The van der Waals surface area contributed by atoms with Gasteiger partial charge in [0.2, 0.25) is 11.8 Å². The second kappa shape index (κ2) is 8.32. The highest BCUT2D eigenvalue weighted by atomic mass is 16.5. The Balaban J connectivity index is 1.61. The van der Waals surface area contributed by atoms with Gasteiger partial charge in [-0.3, -0.25) is 9.59 Å². The Morgan fingerprint density at radius 1 is 1.33 bits per heavy atom. The van der Waals surface area contributed by atoms with Crippen molar-refractivity contribution in [3.63, 3.8) is 0 Å². The van der Waals surface area contributed by atoms with Gasteiger partial charge in [-0.1, -0.05) is 35.0 Å². The van der Waals surface area contributed by atoms with E-state index in [9.17, 15) is 14.7 Å². The van der Waals surface area contributed by atoms with Gasteiger partial charge in [0.05, 0.1) is 19.1 Å². The van der Waals surface area contributed by atoms with Gasteiger partial charge in [0, 0.05) is 25.6 Å². The summed E-state index contributed by atoms with van der Waals surface area (Å²) >= 11 is 0. The van der Waals surface area contributed by atoms with Crippen LogP contribution in [0.1, 0.15) is 29.0 Å². The third-order valence-corrected chi connectivity index (χ3v) is 4.58. The Hall–Kier alpha value is -2.71. The zero-order chi connectivity index (χ0) is 19.4. The lowest BCUT2D eigenvalue weighted by Gasteiger charge is -2.23. The molecular weight excluding hydrogens is 350 g/mol. The van der Waals surface area contributed by atoms with Crippen LogP contribution >= 0.6 is 0 Å². The van der Waals surface area contributed by atoms with Crippen LogP contribution in [0.2, 0.25) is 0 Å². The molecule has 3 N–H and O–H groups in total. The molecule has 2 heterocycles. The molecule has 144 valence electrons. The topological polar surface area (TPSA) is 116 Å². The maximum atomic E-state index is 12.6. The molecule has 3 rings (SSSR count). The highest BCUT2D eigenvalue weighted by Gasteiger charge is 2.38. The Labute approximate surface area is 156 Å². The average molecular weight is 373 g/mol. The van der Waals surface area contributed by atoms with Gasteiger partial charge < -0.3 is 25.0 Å². The maximum Gasteiger partial charge on any atom is 0.243 e. The summed E-state index contributed by atoms with van der Waals surface area (Å²) in [5.41, 5.74) is 2.44. The van der Waals surface area contributed by atoms with Crippen LogP contribution in [0.25, 0.3) is 0 Å². The van der Waals surface area contributed by atoms with Gasteiger partial charge in [0.1, 0.15) is 17.5 Å². The molecule has 1 aliphatic rings. The van der Waals surface area contributed by atoms with E-state index in [-0.39, 0.29) is 37.8 Å². The normalized spacial score (nSPS) is 19.3. The summed E-state index contributed by atoms with van der Waals surface area (Å²) < 4.78 is 5.00. The number of β-amino-alcohol motifs (C(OH)–C–C–N with tert-alkyl or cyclic N) is 1. The number of carbonyl (C=O) groups is 2. The molecule has 1 aromatic carbocycles. The first-order valence-electron chi connectivity index (χ1n) is 8.82. The number of aliphatic hydroxyl groups excluding tert-OH is 2. The van der Waals surface area contributed by atoms with Crippen LogP contribution in [-0.2, 0) is 29.2 Å². The van der Waals surface area contributed by atoms with Gasteiger partial charge in [-0.25, -0.2) is 0 Å². The van der Waals surface area contributed by atoms with E-state index >= 15 is 0 Å². The zero-order valence-corrected chi connectivity index (χ0v) is 15.1. The van der Waals surface area contributed by atoms with E-state index in [1.807, 2.05) is 31.2 Å². The van der Waals surface area contributed by atoms with Crippen LogP contribution in [-0.4, -0.2) is 50.8 Å². The fourth-order valence-corrected chi connectivity index (χ4v) is 3.12. The average Bonchev–Trinajstić information content (AvgIpc) is 3.27. The van der Waals surface area contributed by atoms with Gasteiger partial charge in [0.15, 0.2) is 0 Å². The third-order valence-electron chi connectivity index (χ3n) is 4.58. The van der Waals surface area contributed by atoms with E-state index in [2.05, 4.69) is 10.5 Å². The van der Waals surface area contributed by atoms with Gasteiger partial charge in [-0.15, -0.1) is 0 Å². The summed E-state index contributed by atoms with van der Waals surface area (Å²) in [6.45, 7) is 2.17. The van der Waals surface area contributed by atoms with Crippen LogP contribution in [0, 0.1) is 6.92 Å². The number of hydrogen-bond donors (Lipinski definition) is 3. The quantitative estimate of drug-likeness (QED) is 0.671. The molecule has 0 saturated carbocycles. The Kier molecular flexibility index (Phi) is 5.88. The number of aryl methyl sites for hydroxylation is 1. The summed E-state index contributed by atoms with van der Waals surface area (Å²) in [6, 6.07) is 8.58. The van der Waals surface area contributed by atoms with Crippen molar-refractivity contribution in [2.75, 3.05) is 6.54 Å². The molecule has 0 bridgehead atoms. The van der Waals surface area contributed by atoms with E-state index in [1.54, 1.807) is 0 Å². The fraction of sp³-hybridized carbons (Fsp3) is 0.421. The van der Waals surface area contributed by atoms with Crippen molar-refractivity contribution < 1.29 is 24.3 Å². The van der Waals surface area contributed by atoms with E-state index in [1.165, 1.54) is 11.0 Å². The molecular formula is C19H23N3O5. The van der Waals surface area contributed by atoms with E-state index in [0.717, 1.165) is 11.1 Å². The number of nitrogens with one attached hydrogen (secondary N) is 1. The summed E-state index contributed by atoms with van der Waals surface area (Å²) in [6.07, 6.45) is -0.627. The number of aliphatic hydroxyl groups is 2. The van der Waals surface area contributed by atoms with Crippen molar-refractivity contribution in [3.05, 3.63) is 52.9 Å². The molecule has 0 radical (unpaired) electrons. The molecule has 8 heteroatoms. The molecule has 1 aliphatic heterocycles. The van der Waals surface area contributed by atoms with Crippen LogP contribution in [0.15, 0.2) is 34.9 Å². The van der Waals surface area contributed by atoms with Crippen LogP contribution in [0.4, 0.5) is 0 Å². The second-order valence-corrected chi connectivity index (χ2v) is 6.77. The maximum absolute atomic E-state index is 12.6. The minimum absolute atomic E-state index is 0.0819. The summed E-state index contributed by atoms with van der Waals surface area (Å²) in [7, 11) is 0. The van der Waals surface area contributed by atoms with Crippen molar-refractivity contribution in [1.82, 2.24) is 15.4 Å². The number of rotatable bonds is 6. The lowest BCUT2D eigenvalue weighted by molar-refractivity contribution is -0.138. The van der Waals surface area contributed by atoms with Crippen LogP contribution < -0.4 is 5.32 Å². The van der Waals surface area contributed by atoms with E-state index in [0.29, 0.717) is 18.0 Å². The molecule has 0 unspecified atom stereocenters. The molecule has 2 aromatic rings. The van der Waals surface area contributed by atoms with E-state index in [4.69, 9.17) is 9.63 Å². The highest BCUT2D eigenvalue weighted by Crippen LogP contribution is 2.20. The number of aromatic nitrogens is 1. The van der Waals surface area contributed by atoms with Gasteiger partial charge in [-0.2, -0.15) is 0 Å². The van der Waals surface area contributed by atoms with Crippen molar-refractivity contribution >= 4 is 11.8 Å². The number of likely N-dealkylation sites (tertiary alicyclic amines) is 1. The van der Waals surface area contributed by atoms with Gasteiger partial charge >= 0.3 is 0 Å². The number of amides is 2. The van der Waals surface area contributed by atoms with Crippen molar-refractivity contribution in [2.24, 2.45) is 0 Å². The molecule has 1 saturated heterocycles. The molecule has 2 atom stereocenters. The first kappa shape index (κ1) is 19.1. The van der Waals surface area contributed by atoms with Crippen molar-refractivity contribution in [2.45, 2.75) is 45.1 Å². The Morgan fingerprint density at radius 3 is 2.74 bits per heavy atom. The minimum Gasteiger partial charge on any atom is -0.391 e. The lowest BCUT2D eigenvalue weighted by atomic mass is 10.1. The summed E-state index contributed by atoms with van der Waals surface area (Å²) in [4.78, 5) is 26.5. The minimum atomic E-state index is -0.744. The van der Waals surface area contributed by atoms with Gasteiger partial charge in [-0.05, 0) is 12.5 Å². The van der Waals surface area contributed by atoms with Crippen LogP contribution in [0.5, 0.6) is 0 Å². The van der Waals surface area contributed by atoms with Crippen LogP contribution in [0.3, 0.4) is 0 Å². The largest absolute Gasteiger partial charge is 0.391 e. The summed E-state index contributed by atoms with van der Waals surface area (Å²) in [5.74, 6) is -0.318. The summed E-state index contributed by atoms with van der Waals surface area (Å²) in [5, 5.41) is 25.4. The number of nitrogens with zero attached hydrogens (tertiary/aromatic N) is 2. The Bertz CT molecular complexity index is 802. The molecule has 2 amide bonds. The molecule has 0 aliphatic carbocycles. The van der Waals surface area contributed by atoms with Crippen molar-refractivity contribution in [1.29, 1.82) is 0 Å². The number of benzene rings is 1. The van der Waals surface area contributed by atoms with Gasteiger partial charge in [0.25, 0.3) is 0 Å². The monoisotopic (exact) mass is 373 g/mol. The lowest BCUT2D eigenvalue weighted by Crippen LogP contribution is -2.46. The predicted molar refractivity (Wildman–Crippen MR) is 95.3 cm³/mol. The molecule has 27 heavy (non-hydrogen) atoms. The second-order valence-electron chi connectivity index (χ2n) is 6.77. The smallest absolute Gasteiger partial charge is 0.243 e. The standard InChI is InChI=1S/C19H23N3O5/c1-12-2-4-13(5-3-12)9-20-19(26)17-7-15(24)10-22(17)18(25)8-16-6-14(11-23)21-27-16/h2-6,15,17,23-24H,7-11H2,1H3,(H,20,26)/t15-,17+/m1/s1. The molecule has 1 aromatic heterocycles. The van der Waals surface area contributed by atoms with Crippen molar-refractivity contribution in [3.8, 4) is 0 Å². The molecule has 1 fully saturated rings. The number of hydrogen-bond acceptors (Lipinski definition) is 6. The molecule has 0 spiro atoms. The Morgan fingerprint density at radius 2 is 2.07 bits per heavy atom.